The van der Waals surface area contributed by atoms with Crippen molar-refractivity contribution >= 4 is 32.9 Å². The quantitative estimate of drug-likeness (QED) is 0.249. The molecule has 0 radical (unpaired) electrons. The average molecular weight is 638 g/mol. The van der Waals surface area contributed by atoms with Gasteiger partial charge in [0.15, 0.2) is 0 Å². The van der Waals surface area contributed by atoms with Crippen molar-refractivity contribution in [3.05, 3.63) is 82.6 Å². The molecule has 4 aromatic rings. The fraction of sp³-hybridized carbons (Fsp3) is 0.323. The molecule has 1 aliphatic carbocycles. The molecule has 2 aromatic carbocycles. The molecule has 1 saturated carbocycles. The minimum atomic E-state index is -0.496. The van der Waals surface area contributed by atoms with Crippen molar-refractivity contribution in [2.45, 2.75) is 48.6 Å². The number of ketones is 1. The van der Waals surface area contributed by atoms with Crippen molar-refractivity contribution in [3.8, 4) is 16.9 Å². The molecule has 1 saturated heterocycles. The number of nitrogens with zero attached hydrogens (tertiary/aromatic N) is 2. The molecule has 2 fully saturated rings. The van der Waals surface area contributed by atoms with Crippen LogP contribution in [-0.2, 0) is 11.2 Å². The number of ether oxygens (including phenoxy) is 1. The summed E-state index contributed by atoms with van der Waals surface area (Å²) < 4.78 is 8.79. The van der Waals surface area contributed by atoms with Crippen molar-refractivity contribution in [2.75, 3.05) is 11.5 Å². The molecule has 2 unspecified atom stereocenters. The van der Waals surface area contributed by atoms with Crippen LogP contribution < -0.4 is 25.9 Å². The van der Waals surface area contributed by atoms with Gasteiger partial charge in [0.2, 0.25) is 0 Å². The maximum absolute atomic E-state index is 12.5. The van der Waals surface area contributed by atoms with Crippen molar-refractivity contribution in [1.82, 2.24) is 9.97 Å². The number of rotatable bonds is 7. The number of carbonyl (C=O) groups is 1. The summed E-state index contributed by atoms with van der Waals surface area (Å²) in [6.07, 6.45) is 3.64. The van der Waals surface area contributed by atoms with E-state index in [9.17, 15) is 9.90 Å². The Morgan fingerprint density at radius 2 is 2.03 bits per heavy atom. The summed E-state index contributed by atoms with van der Waals surface area (Å²) in [7, 11) is 1.70. The number of alkyl halides is 2. The molecule has 1 aliphatic heterocycles. The Kier molecular flexibility index (Phi) is 7.09. The summed E-state index contributed by atoms with van der Waals surface area (Å²) in [4.78, 5) is 22.1. The molecule has 3 atom stereocenters. The molecular weight excluding hydrogens is 607 g/mol. The number of Topliss-reactive ketones (excluding diaryl/α,β-unsaturated/α-hetero) is 1. The third-order valence-corrected chi connectivity index (χ3v) is 10.8. The van der Waals surface area contributed by atoms with E-state index in [-0.39, 0.29) is 39.3 Å². The number of aromatic nitrogens is 2. The summed E-state index contributed by atoms with van der Waals surface area (Å²) in [6.45, 7) is 6.60. The number of methoxy groups -OCH3 is 1. The van der Waals surface area contributed by atoms with Crippen LogP contribution in [0.2, 0.25) is 0 Å². The van der Waals surface area contributed by atoms with Gasteiger partial charge in [0.25, 0.3) is 0 Å². The fourth-order valence-corrected chi connectivity index (χ4v) is 7.86. The minimum absolute atomic E-state index is 0.128. The van der Waals surface area contributed by atoms with Crippen LogP contribution in [0.15, 0.2) is 55.2 Å². The Bertz CT molecular complexity index is 1560. The van der Waals surface area contributed by atoms with Crippen LogP contribution in [0, 0.1) is 6.92 Å². The van der Waals surface area contributed by atoms with E-state index in [1.54, 1.807) is 18.4 Å². The monoisotopic (exact) mass is 637 g/mol. The second-order valence-corrected chi connectivity index (χ2v) is 14.6. The van der Waals surface area contributed by atoms with Crippen LogP contribution in [-0.4, -0.2) is 38.5 Å². The number of hydrogen-bond donors (Lipinski definition) is 1. The van der Waals surface area contributed by atoms with E-state index < -0.39 is 6.10 Å². The van der Waals surface area contributed by atoms with Crippen molar-refractivity contribution < 1.29 is 35.8 Å². The Morgan fingerprint density at radius 3 is 2.79 bits per heavy atom. The van der Waals surface area contributed by atoms with Crippen LogP contribution >= 0.6 is 11.3 Å². The molecule has 6 rings (SSSR count). The zero-order chi connectivity index (χ0) is 26.4. The van der Waals surface area contributed by atoms with Crippen molar-refractivity contribution in [1.29, 1.82) is 0 Å². The molecule has 38 heavy (non-hydrogen) atoms. The summed E-state index contributed by atoms with van der Waals surface area (Å²) in [6, 6.07) is 14.9. The summed E-state index contributed by atoms with van der Waals surface area (Å²) in [5, 5.41) is 10.8. The van der Waals surface area contributed by atoms with Crippen LogP contribution in [0.1, 0.15) is 56.5 Å². The van der Waals surface area contributed by atoms with E-state index in [2.05, 4.69) is 48.8 Å². The van der Waals surface area contributed by atoms with E-state index in [1.807, 2.05) is 18.3 Å². The third-order valence-electron chi connectivity index (χ3n) is 7.42. The summed E-state index contributed by atoms with van der Waals surface area (Å²) in [5.74, 6) is 0.785. The van der Waals surface area contributed by atoms with E-state index in [0.717, 1.165) is 48.8 Å². The van der Waals surface area contributed by atoms with Gasteiger partial charge < -0.3 is 5.11 Å². The number of aliphatic hydroxyl groups is 1. The molecule has 0 bridgehead atoms. The van der Waals surface area contributed by atoms with E-state index in [1.165, 1.54) is 15.7 Å². The van der Waals surface area contributed by atoms with Gasteiger partial charge >= 0.3 is 180 Å². The number of thiazole rings is 1. The van der Waals surface area contributed by atoms with Gasteiger partial charge in [-0.3, -0.25) is 4.79 Å². The van der Waals surface area contributed by atoms with Gasteiger partial charge in [-0.2, -0.15) is 0 Å². The van der Waals surface area contributed by atoms with Gasteiger partial charge in [-0.1, -0.05) is 6.07 Å². The first-order valence-electron chi connectivity index (χ1n) is 12.9. The molecule has 0 amide bonds. The number of allylic oxidation sites excluding steroid dienone is 1. The molecule has 196 valence electrons. The normalized spacial score (nSPS) is 21.2. The predicted molar refractivity (Wildman–Crippen MR) is 149 cm³/mol. The van der Waals surface area contributed by atoms with Crippen LogP contribution in [0.25, 0.3) is 26.9 Å². The first-order valence-corrected chi connectivity index (χ1v) is 16.5. The van der Waals surface area contributed by atoms with Crippen LogP contribution in [0.5, 0.6) is 5.75 Å². The Balaban J connectivity index is 1.30. The Morgan fingerprint density at radius 1 is 1.18 bits per heavy atom. The third kappa shape index (κ3) is 5.16. The molecule has 7 heteroatoms. The molecule has 2 aromatic heterocycles. The topological polar surface area (TPSA) is 72.3 Å². The maximum atomic E-state index is 12.5. The van der Waals surface area contributed by atoms with E-state index in [4.69, 9.17) is 9.72 Å². The zero-order valence-electron chi connectivity index (χ0n) is 21.5. The first kappa shape index (κ1) is 25.6. The van der Waals surface area contributed by atoms with E-state index in [0.29, 0.717) is 23.2 Å². The Hall–Kier alpha value is -2.62. The number of aliphatic hydroxyl groups excluding tert-OH is 1. The predicted octanol–water partition coefficient (Wildman–Crippen LogP) is 3.27. The van der Waals surface area contributed by atoms with Crippen molar-refractivity contribution in [3.63, 3.8) is 0 Å². The second kappa shape index (κ2) is 10.5. The molecule has 1 N–H and O–H groups in total. The van der Waals surface area contributed by atoms with Crippen molar-refractivity contribution in [2.24, 2.45) is 0 Å². The standard InChI is InChI=1S/C31H30IN2O3S/c1-17-4-7-21(23(10-17)24-14-27(25-15-32-25)33-16-29(24)37-3)18(2)11-31-34-26-9-5-19(12-30(26)38-31)22-8-6-20(35)13-28(22)36/h4-5,7,9-10,12,14,16,20,22,25,35H,2,6,8,11,13,15H2,1,3H3/q-1/t20-,22?,25?/m1/s1. The van der Waals surface area contributed by atoms with Gasteiger partial charge in [0.1, 0.15) is 5.78 Å². The molecule has 2 aliphatic rings. The molecular formula is C31H30IN2O3S-. The van der Waals surface area contributed by atoms with Gasteiger partial charge in [-0.15, -0.1) is 0 Å². The number of hydrogen-bond acceptors (Lipinski definition) is 6. The number of aryl methyl sites for hydroxylation is 1. The molecule has 0 spiro atoms. The number of halogens is 1. The fourth-order valence-electron chi connectivity index (χ4n) is 5.30. The summed E-state index contributed by atoms with van der Waals surface area (Å²) >= 11 is 1.92. The van der Waals surface area contributed by atoms with Gasteiger partial charge in [0, 0.05) is 12.3 Å². The van der Waals surface area contributed by atoms with Gasteiger partial charge in [-0.05, 0) is 18.4 Å². The van der Waals surface area contributed by atoms with Crippen LogP contribution in [0.3, 0.4) is 0 Å². The first-order chi connectivity index (χ1) is 18.4. The zero-order valence-corrected chi connectivity index (χ0v) is 24.5. The summed E-state index contributed by atoms with van der Waals surface area (Å²) in [5.41, 5.74) is 8.65. The Labute approximate surface area is 237 Å². The molecule has 3 heterocycles. The second-order valence-electron chi connectivity index (χ2n) is 10.2. The van der Waals surface area contributed by atoms with Crippen LogP contribution in [0.4, 0.5) is 0 Å². The number of benzene rings is 2. The number of pyridine rings is 1. The van der Waals surface area contributed by atoms with E-state index >= 15 is 0 Å². The van der Waals surface area contributed by atoms with Gasteiger partial charge in [-0.25, -0.2) is 0 Å². The number of fused-ring (bicyclic) bond motifs is 1. The van der Waals surface area contributed by atoms with Gasteiger partial charge in [0.05, 0.1) is 6.10 Å². The average Bonchev–Trinajstić information content (AvgIpc) is 3.68. The SMILES string of the molecule is C=C(Cc1nc2ccc(C3CC[C@@H](O)CC3=O)cc2s1)c1ccc(C)cc1-c1cc(C2C[I-]2)ncc1OC. The molecule has 5 nitrogen and oxygen atoms in total. The number of carbonyl (C=O) groups excluding carboxylic acids is 1.